The number of halogens is 3. The van der Waals surface area contributed by atoms with Crippen LogP contribution >= 0.6 is 0 Å². The minimum atomic E-state index is -4.69. The van der Waals surface area contributed by atoms with Gasteiger partial charge >= 0.3 is 6.18 Å². The first-order valence-corrected chi connectivity index (χ1v) is 10.6. The smallest absolute Gasteiger partial charge is 0.418 e. The van der Waals surface area contributed by atoms with Gasteiger partial charge in [-0.2, -0.15) is 18.3 Å². The first-order valence-electron chi connectivity index (χ1n) is 10.6. The van der Waals surface area contributed by atoms with Crippen molar-refractivity contribution in [2.45, 2.75) is 18.7 Å². The van der Waals surface area contributed by atoms with Crippen LogP contribution in [0.2, 0.25) is 0 Å². The highest BCUT2D eigenvalue weighted by molar-refractivity contribution is 5.98. The minimum Gasteiger partial charge on any atom is -0.496 e. The first-order chi connectivity index (χ1) is 16.7. The SMILES string of the molecule is COc1ccc(-c2cc(C(F)(F)F)c3c(N)ncnn23)cc1C(=O)NCCC(O)c1ccccc1. The van der Waals surface area contributed by atoms with Crippen molar-refractivity contribution in [2.24, 2.45) is 0 Å². The van der Waals surface area contributed by atoms with Crippen LogP contribution in [0.1, 0.15) is 34.0 Å². The van der Waals surface area contributed by atoms with Gasteiger partial charge in [0.2, 0.25) is 0 Å². The Labute approximate surface area is 198 Å². The predicted molar refractivity (Wildman–Crippen MR) is 123 cm³/mol. The summed E-state index contributed by atoms with van der Waals surface area (Å²) >= 11 is 0. The molecule has 2 aromatic carbocycles. The van der Waals surface area contributed by atoms with Crippen LogP contribution < -0.4 is 15.8 Å². The largest absolute Gasteiger partial charge is 0.496 e. The number of hydrogen-bond acceptors (Lipinski definition) is 6. The molecule has 1 amide bonds. The Kier molecular flexibility index (Phi) is 6.61. The molecule has 182 valence electrons. The number of nitrogen functional groups attached to an aromatic ring is 1. The van der Waals surface area contributed by atoms with E-state index in [2.05, 4.69) is 15.4 Å². The second-order valence-electron chi connectivity index (χ2n) is 7.73. The van der Waals surface area contributed by atoms with Crippen molar-refractivity contribution in [3.05, 3.63) is 77.6 Å². The lowest BCUT2D eigenvalue weighted by Crippen LogP contribution is -2.26. The van der Waals surface area contributed by atoms with Gasteiger partial charge in [-0.3, -0.25) is 4.79 Å². The Bertz CT molecular complexity index is 1360. The van der Waals surface area contributed by atoms with Crippen LogP contribution in [0.3, 0.4) is 0 Å². The zero-order valence-electron chi connectivity index (χ0n) is 18.6. The molecule has 4 N–H and O–H groups in total. The Balaban J connectivity index is 1.63. The van der Waals surface area contributed by atoms with Crippen molar-refractivity contribution in [1.29, 1.82) is 0 Å². The van der Waals surface area contributed by atoms with E-state index in [-0.39, 0.29) is 41.3 Å². The van der Waals surface area contributed by atoms with Gasteiger partial charge in [0.15, 0.2) is 5.82 Å². The van der Waals surface area contributed by atoms with Crippen LogP contribution in [0.15, 0.2) is 60.9 Å². The maximum absolute atomic E-state index is 13.7. The van der Waals surface area contributed by atoms with Gasteiger partial charge in [-0.15, -0.1) is 0 Å². The number of aliphatic hydroxyl groups is 1. The lowest BCUT2D eigenvalue weighted by atomic mass is 10.0. The molecule has 0 fully saturated rings. The van der Waals surface area contributed by atoms with Crippen LogP contribution in [0, 0.1) is 0 Å². The number of hydrogen-bond donors (Lipinski definition) is 3. The zero-order chi connectivity index (χ0) is 25.2. The average molecular weight is 485 g/mol. The molecule has 4 aromatic rings. The molecule has 1 atom stereocenters. The van der Waals surface area contributed by atoms with Gasteiger partial charge in [0, 0.05) is 12.1 Å². The molecule has 35 heavy (non-hydrogen) atoms. The standard InChI is InChI=1S/C24H22F3N5O3/c1-35-20-8-7-15(18-12-17(24(25,26)27)21-22(28)30-13-31-32(18)21)11-16(20)23(34)29-10-9-19(33)14-5-3-2-4-6-14/h2-8,11-13,19,33H,9-10H2,1H3,(H,29,34)(H2,28,30,31). The Morgan fingerprint density at radius 3 is 2.63 bits per heavy atom. The summed E-state index contributed by atoms with van der Waals surface area (Å²) in [6, 6.07) is 14.4. The number of nitrogens with one attached hydrogen (secondary N) is 1. The summed E-state index contributed by atoms with van der Waals surface area (Å²) in [6.07, 6.45) is -4.12. The van der Waals surface area contributed by atoms with Crippen molar-refractivity contribution < 1.29 is 27.8 Å². The van der Waals surface area contributed by atoms with Crippen molar-refractivity contribution >= 4 is 17.2 Å². The monoisotopic (exact) mass is 485 g/mol. The third-order valence-electron chi connectivity index (χ3n) is 5.52. The molecule has 2 aromatic heterocycles. The summed E-state index contributed by atoms with van der Waals surface area (Å²) in [5, 5.41) is 16.9. The normalized spacial score (nSPS) is 12.5. The number of nitrogens with zero attached hydrogens (tertiary/aromatic N) is 3. The van der Waals surface area contributed by atoms with E-state index in [9.17, 15) is 23.1 Å². The zero-order valence-corrected chi connectivity index (χ0v) is 18.6. The molecule has 8 nitrogen and oxygen atoms in total. The van der Waals surface area contributed by atoms with E-state index < -0.39 is 23.8 Å². The fourth-order valence-corrected chi connectivity index (χ4v) is 3.79. The number of nitrogens with two attached hydrogens (primary N) is 1. The molecule has 0 radical (unpaired) electrons. The van der Waals surface area contributed by atoms with Gasteiger partial charge in [-0.25, -0.2) is 9.50 Å². The van der Waals surface area contributed by atoms with E-state index >= 15 is 0 Å². The van der Waals surface area contributed by atoms with E-state index in [1.165, 1.54) is 25.3 Å². The Morgan fingerprint density at radius 2 is 1.94 bits per heavy atom. The predicted octanol–water partition coefficient (Wildman–Crippen LogP) is 3.86. The summed E-state index contributed by atoms with van der Waals surface area (Å²) in [7, 11) is 1.38. The second kappa shape index (κ2) is 9.63. The van der Waals surface area contributed by atoms with Crippen LogP contribution in [0.25, 0.3) is 16.8 Å². The van der Waals surface area contributed by atoms with Gasteiger partial charge in [-0.05, 0) is 36.2 Å². The summed E-state index contributed by atoms with van der Waals surface area (Å²) in [5.74, 6) is -0.585. The molecule has 0 saturated heterocycles. The van der Waals surface area contributed by atoms with Crippen LogP contribution in [-0.2, 0) is 6.18 Å². The quantitative estimate of drug-likeness (QED) is 0.366. The lowest BCUT2D eigenvalue weighted by Gasteiger charge is -2.14. The molecular weight excluding hydrogens is 463 g/mol. The van der Waals surface area contributed by atoms with Gasteiger partial charge < -0.3 is 20.9 Å². The highest BCUT2D eigenvalue weighted by Crippen LogP contribution is 2.39. The van der Waals surface area contributed by atoms with Gasteiger partial charge in [0.1, 0.15) is 17.6 Å². The number of benzene rings is 2. The van der Waals surface area contributed by atoms with Crippen LogP contribution in [0.5, 0.6) is 5.75 Å². The number of ether oxygens (including phenoxy) is 1. The molecule has 0 aliphatic heterocycles. The molecule has 4 rings (SSSR count). The number of carbonyl (C=O) groups is 1. The van der Waals surface area contributed by atoms with E-state index in [0.29, 0.717) is 5.56 Å². The topological polar surface area (TPSA) is 115 Å². The van der Waals surface area contributed by atoms with Crippen molar-refractivity contribution in [3.63, 3.8) is 0 Å². The fourth-order valence-electron chi connectivity index (χ4n) is 3.79. The third-order valence-corrected chi connectivity index (χ3v) is 5.52. The number of methoxy groups -OCH3 is 1. The first kappa shape index (κ1) is 24.0. The lowest BCUT2D eigenvalue weighted by molar-refractivity contribution is -0.136. The van der Waals surface area contributed by atoms with Crippen molar-refractivity contribution in [1.82, 2.24) is 19.9 Å². The number of aliphatic hydroxyl groups excluding tert-OH is 1. The molecule has 0 bridgehead atoms. The molecule has 2 heterocycles. The van der Waals surface area contributed by atoms with Crippen molar-refractivity contribution in [3.8, 4) is 17.0 Å². The number of aromatic nitrogens is 3. The number of anilines is 1. The highest BCUT2D eigenvalue weighted by atomic mass is 19.4. The van der Waals surface area contributed by atoms with Crippen LogP contribution in [0.4, 0.5) is 19.0 Å². The Morgan fingerprint density at radius 1 is 1.20 bits per heavy atom. The second-order valence-corrected chi connectivity index (χ2v) is 7.73. The van der Waals surface area contributed by atoms with Crippen LogP contribution in [-0.4, -0.2) is 39.3 Å². The third kappa shape index (κ3) is 4.90. The number of rotatable bonds is 7. The molecular formula is C24H22F3N5O3. The van der Waals surface area contributed by atoms with E-state index in [1.54, 1.807) is 12.1 Å². The van der Waals surface area contributed by atoms with E-state index in [1.807, 2.05) is 18.2 Å². The number of carbonyl (C=O) groups excluding carboxylic acids is 1. The fraction of sp³-hybridized carbons (Fsp3) is 0.208. The summed E-state index contributed by atoms with van der Waals surface area (Å²) in [5.41, 5.74) is 5.58. The number of amides is 1. The minimum absolute atomic E-state index is 0.0811. The van der Waals surface area contributed by atoms with Gasteiger partial charge in [-0.1, -0.05) is 30.3 Å². The molecule has 11 heteroatoms. The molecule has 0 aliphatic carbocycles. The Hall–Kier alpha value is -4.12. The summed E-state index contributed by atoms with van der Waals surface area (Å²) in [4.78, 5) is 16.6. The number of fused-ring (bicyclic) bond motifs is 1. The van der Waals surface area contributed by atoms with Gasteiger partial charge in [0.25, 0.3) is 5.91 Å². The maximum Gasteiger partial charge on any atom is 0.418 e. The average Bonchev–Trinajstić information content (AvgIpc) is 3.26. The number of alkyl halides is 3. The van der Waals surface area contributed by atoms with Crippen molar-refractivity contribution in [2.75, 3.05) is 19.4 Å². The molecule has 0 aliphatic rings. The van der Waals surface area contributed by atoms with E-state index in [0.717, 1.165) is 22.5 Å². The molecule has 0 spiro atoms. The summed E-state index contributed by atoms with van der Waals surface area (Å²) < 4.78 is 47.3. The highest BCUT2D eigenvalue weighted by Gasteiger charge is 2.36. The van der Waals surface area contributed by atoms with E-state index in [4.69, 9.17) is 10.5 Å². The molecule has 1 unspecified atom stereocenters. The van der Waals surface area contributed by atoms with Gasteiger partial charge in [0.05, 0.1) is 30.0 Å². The maximum atomic E-state index is 13.7. The summed E-state index contributed by atoms with van der Waals surface area (Å²) in [6.45, 7) is 0.165. The molecule has 0 saturated carbocycles.